The van der Waals surface area contributed by atoms with Crippen molar-refractivity contribution in [2.24, 2.45) is 0 Å². The number of anilines is 3. The van der Waals surface area contributed by atoms with E-state index in [2.05, 4.69) is 132 Å². The number of nitrogens with zero attached hydrogens (tertiary/aromatic N) is 3. The molecule has 0 aromatic heterocycles. The predicted octanol–water partition coefficient (Wildman–Crippen LogP) is 8.05. The third kappa shape index (κ3) is 6.61. The van der Waals surface area contributed by atoms with Gasteiger partial charge in [0.25, 0.3) is 0 Å². The largest absolute Gasteiger partial charge is 0.464 e. The molecule has 0 bridgehead atoms. The molecule has 0 saturated carbocycles. The quantitative estimate of drug-likeness (QED) is 0.145. The predicted molar refractivity (Wildman–Crippen MR) is 181 cm³/mol. The number of carbonyl (C=O) groups excluding carboxylic acids is 1. The van der Waals surface area contributed by atoms with Gasteiger partial charge in [-0.1, -0.05) is 18.2 Å². The molecule has 0 spiro atoms. The minimum atomic E-state index is -0.685. The van der Waals surface area contributed by atoms with Crippen LogP contribution in [0.25, 0.3) is 0 Å². The van der Waals surface area contributed by atoms with Crippen molar-refractivity contribution in [3.8, 4) is 0 Å². The normalized spacial score (nSPS) is 11.4. The van der Waals surface area contributed by atoms with Gasteiger partial charge in [0.1, 0.15) is 6.61 Å². The molecule has 0 aliphatic heterocycles. The van der Waals surface area contributed by atoms with Crippen LogP contribution in [0.5, 0.6) is 0 Å². The van der Waals surface area contributed by atoms with E-state index in [4.69, 9.17) is 4.74 Å². The zero-order valence-electron chi connectivity index (χ0n) is 27.8. The van der Waals surface area contributed by atoms with Gasteiger partial charge in [-0.3, -0.25) is 4.79 Å². The lowest BCUT2D eigenvalue weighted by molar-refractivity contribution is -0.142. The Hall–Kier alpha value is -3.47. The van der Waals surface area contributed by atoms with Crippen molar-refractivity contribution in [3.63, 3.8) is 0 Å². The lowest BCUT2D eigenvalue weighted by Gasteiger charge is -2.39. The standard InChI is InChI=1S/C37H53N3O2/c1-11-38(12-2)31-17-20-34(27(7)23-31)37(26-42-30(10)41,35-21-18-32(24-28(35)8)39(13-3)14-4)36-22-19-33(25-29(36)9)40(15-5)16-6/h17-25H,11-16,26H2,1-10H3. The first-order chi connectivity index (χ1) is 20.1. The van der Waals surface area contributed by atoms with E-state index in [1.54, 1.807) is 0 Å². The molecule has 42 heavy (non-hydrogen) atoms. The van der Waals surface area contributed by atoms with E-state index in [9.17, 15) is 4.79 Å². The molecule has 0 N–H and O–H groups in total. The van der Waals surface area contributed by atoms with Crippen molar-refractivity contribution in [2.75, 3.05) is 60.6 Å². The third-order valence-electron chi connectivity index (χ3n) is 8.89. The minimum Gasteiger partial charge on any atom is -0.464 e. The van der Waals surface area contributed by atoms with Crippen molar-refractivity contribution in [1.82, 2.24) is 0 Å². The van der Waals surface area contributed by atoms with Crippen LogP contribution in [0.1, 0.15) is 81.8 Å². The van der Waals surface area contributed by atoms with E-state index in [1.165, 1.54) is 40.7 Å². The van der Waals surface area contributed by atoms with Crippen LogP contribution < -0.4 is 14.7 Å². The van der Waals surface area contributed by atoms with Crippen LogP contribution in [-0.4, -0.2) is 51.8 Å². The summed E-state index contributed by atoms with van der Waals surface area (Å²) in [7, 11) is 0. The Kier molecular flexibility index (Phi) is 11.5. The van der Waals surface area contributed by atoms with E-state index < -0.39 is 5.41 Å². The second kappa shape index (κ2) is 14.6. The number of aryl methyl sites for hydroxylation is 3. The number of benzene rings is 3. The molecule has 3 rings (SSSR count). The number of carbonyl (C=O) groups is 1. The van der Waals surface area contributed by atoms with E-state index in [0.29, 0.717) is 0 Å². The molecule has 0 unspecified atom stereocenters. The van der Waals surface area contributed by atoms with E-state index in [1.807, 2.05) is 0 Å². The highest BCUT2D eigenvalue weighted by Gasteiger charge is 2.41. The first-order valence-corrected chi connectivity index (χ1v) is 15.8. The number of ether oxygens (including phenoxy) is 1. The van der Waals surface area contributed by atoms with Crippen molar-refractivity contribution in [3.05, 3.63) is 88.0 Å². The molecular formula is C37H53N3O2. The van der Waals surface area contributed by atoms with E-state index in [0.717, 1.165) is 56.0 Å². The maximum atomic E-state index is 12.5. The summed E-state index contributed by atoms with van der Waals surface area (Å²) in [6.45, 7) is 27.2. The molecule has 0 fully saturated rings. The molecule has 0 aliphatic carbocycles. The first kappa shape index (κ1) is 33.0. The van der Waals surface area contributed by atoms with Crippen LogP contribution >= 0.6 is 0 Å². The van der Waals surface area contributed by atoms with Crippen LogP contribution in [0, 0.1) is 20.8 Å². The Balaban J connectivity index is 2.42. The number of hydrogen-bond donors (Lipinski definition) is 0. The van der Waals surface area contributed by atoms with Crippen molar-refractivity contribution in [1.29, 1.82) is 0 Å². The first-order valence-electron chi connectivity index (χ1n) is 15.8. The Labute approximate surface area is 255 Å². The minimum absolute atomic E-state index is 0.227. The van der Waals surface area contributed by atoms with Gasteiger partial charge in [-0.25, -0.2) is 0 Å². The third-order valence-corrected chi connectivity index (χ3v) is 8.89. The smallest absolute Gasteiger partial charge is 0.302 e. The van der Waals surface area contributed by atoms with Gasteiger partial charge in [0.2, 0.25) is 0 Å². The summed E-state index contributed by atoms with van der Waals surface area (Å²) in [5.41, 5.74) is 10.0. The second-order valence-corrected chi connectivity index (χ2v) is 11.2. The molecule has 5 nitrogen and oxygen atoms in total. The van der Waals surface area contributed by atoms with Gasteiger partial charge in [0.15, 0.2) is 0 Å². The number of rotatable bonds is 14. The highest BCUT2D eigenvalue weighted by atomic mass is 16.5. The zero-order valence-corrected chi connectivity index (χ0v) is 27.8. The summed E-state index contributed by atoms with van der Waals surface area (Å²) in [6, 6.07) is 20.4. The topological polar surface area (TPSA) is 36.0 Å². The van der Waals surface area contributed by atoms with Crippen LogP contribution in [0.4, 0.5) is 17.1 Å². The monoisotopic (exact) mass is 571 g/mol. The fourth-order valence-electron chi connectivity index (χ4n) is 6.61. The Morgan fingerprint density at radius 3 is 1.07 bits per heavy atom. The molecule has 0 radical (unpaired) electrons. The van der Waals surface area contributed by atoms with E-state index >= 15 is 0 Å². The molecule has 3 aromatic carbocycles. The summed E-state index contributed by atoms with van der Waals surface area (Å²) in [5.74, 6) is -0.272. The number of hydrogen-bond acceptors (Lipinski definition) is 5. The summed E-state index contributed by atoms with van der Waals surface area (Å²) in [5, 5.41) is 0. The lowest BCUT2D eigenvalue weighted by Crippen LogP contribution is -2.38. The maximum absolute atomic E-state index is 12.5. The molecule has 0 amide bonds. The van der Waals surface area contributed by atoms with Crippen molar-refractivity contribution >= 4 is 23.0 Å². The van der Waals surface area contributed by atoms with E-state index in [-0.39, 0.29) is 12.6 Å². The molecule has 0 saturated heterocycles. The maximum Gasteiger partial charge on any atom is 0.302 e. The lowest BCUT2D eigenvalue weighted by atomic mass is 9.66. The Bertz CT molecular complexity index is 1190. The second-order valence-electron chi connectivity index (χ2n) is 11.2. The molecule has 0 aliphatic rings. The van der Waals surface area contributed by atoms with Gasteiger partial charge < -0.3 is 19.4 Å². The molecular weight excluding hydrogens is 518 g/mol. The summed E-state index contributed by atoms with van der Waals surface area (Å²) >= 11 is 0. The SMILES string of the molecule is CCN(CC)c1ccc(C(COC(C)=O)(c2ccc(N(CC)CC)cc2C)c2ccc(N(CC)CC)cc2C)c(C)c1. The van der Waals surface area contributed by atoms with Gasteiger partial charge in [-0.15, -0.1) is 0 Å². The number of esters is 1. The highest BCUT2D eigenvalue weighted by molar-refractivity contribution is 5.68. The molecule has 0 heterocycles. The van der Waals surface area contributed by atoms with Gasteiger partial charge in [-0.2, -0.15) is 0 Å². The van der Waals surface area contributed by atoms with Gasteiger partial charge in [0.05, 0.1) is 5.41 Å². The average Bonchev–Trinajstić information content (AvgIpc) is 2.97. The molecule has 5 heteroatoms. The summed E-state index contributed by atoms with van der Waals surface area (Å²) < 4.78 is 6.03. The highest BCUT2D eigenvalue weighted by Crippen LogP contribution is 2.46. The molecule has 0 atom stereocenters. The van der Waals surface area contributed by atoms with Gasteiger partial charge in [-0.05, 0) is 132 Å². The summed E-state index contributed by atoms with van der Waals surface area (Å²) in [4.78, 5) is 19.6. The average molecular weight is 572 g/mol. The molecule has 228 valence electrons. The van der Waals surface area contributed by atoms with Crippen molar-refractivity contribution in [2.45, 2.75) is 74.7 Å². The zero-order chi connectivity index (χ0) is 31.0. The van der Waals surface area contributed by atoms with Gasteiger partial charge >= 0.3 is 5.97 Å². The van der Waals surface area contributed by atoms with Crippen LogP contribution in [-0.2, 0) is 14.9 Å². The van der Waals surface area contributed by atoms with Crippen LogP contribution in [0.3, 0.4) is 0 Å². The molecule has 3 aromatic rings. The van der Waals surface area contributed by atoms with Crippen LogP contribution in [0.15, 0.2) is 54.6 Å². The fourth-order valence-corrected chi connectivity index (χ4v) is 6.61. The Morgan fingerprint density at radius 2 is 0.857 bits per heavy atom. The van der Waals surface area contributed by atoms with Crippen LogP contribution in [0.2, 0.25) is 0 Å². The van der Waals surface area contributed by atoms with Gasteiger partial charge in [0, 0.05) is 63.3 Å². The van der Waals surface area contributed by atoms with Crippen molar-refractivity contribution < 1.29 is 9.53 Å². The Morgan fingerprint density at radius 1 is 0.571 bits per heavy atom. The summed E-state index contributed by atoms with van der Waals surface area (Å²) in [6.07, 6.45) is 0. The fraction of sp³-hybridized carbons (Fsp3) is 0.486.